The molecule has 0 aliphatic heterocycles. The minimum absolute atomic E-state index is 0.00713. The quantitative estimate of drug-likeness (QED) is 0.547. The van der Waals surface area contributed by atoms with Crippen molar-refractivity contribution in [3.8, 4) is 27.8 Å². The molecule has 0 unspecified atom stereocenters. The molecule has 0 saturated heterocycles. The summed E-state index contributed by atoms with van der Waals surface area (Å²) in [5.74, 6) is 0.266. The molecule has 8 heteroatoms. The Kier molecular flexibility index (Phi) is 6.10. The van der Waals surface area contributed by atoms with Crippen LogP contribution in [0.25, 0.3) is 10.6 Å². The Morgan fingerprint density at radius 2 is 1.68 bits per heavy atom. The van der Waals surface area contributed by atoms with Crippen molar-refractivity contribution < 1.29 is 28.1 Å². The van der Waals surface area contributed by atoms with E-state index in [1.807, 2.05) is 0 Å². The van der Waals surface area contributed by atoms with Crippen LogP contribution in [0, 0.1) is 5.82 Å². The van der Waals surface area contributed by atoms with Crippen molar-refractivity contribution in [1.29, 1.82) is 0 Å². The van der Waals surface area contributed by atoms with Crippen molar-refractivity contribution >= 4 is 17.3 Å². The Labute approximate surface area is 165 Å². The summed E-state index contributed by atoms with van der Waals surface area (Å²) >= 11 is 1.39. The van der Waals surface area contributed by atoms with Crippen molar-refractivity contribution in [2.75, 3.05) is 21.3 Å². The minimum atomic E-state index is -0.546. The van der Waals surface area contributed by atoms with Crippen LogP contribution in [0.2, 0.25) is 0 Å². The monoisotopic (exact) mass is 403 g/mol. The van der Waals surface area contributed by atoms with Gasteiger partial charge in [-0.3, -0.25) is 0 Å². The zero-order chi connectivity index (χ0) is 20.1. The predicted molar refractivity (Wildman–Crippen MR) is 103 cm³/mol. The SMILES string of the molecule is COc1cc(C(=O)OCc2csc(-c3ccc(F)cc3)n2)cc(OC)c1OC. The van der Waals surface area contributed by atoms with Crippen molar-refractivity contribution in [2.24, 2.45) is 0 Å². The lowest BCUT2D eigenvalue weighted by Gasteiger charge is -2.13. The maximum Gasteiger partial charge on any atom is 0.338 e. The number of ether oxygens (including phenoxy) is 4. The van der Waals surface area contributed by atoms with Crippen LogP contribution < -0.4 is 14.2 Å². The number of carbonyl (C=O) groups excluding carboxylic acids is 1. The fourth-order valence-electron chi connectivity index (χ4n) is 2.52. The number of rotatable bonds is 7. The first-order chi connectivity index (χ1) is 13.5. The molecule has 0 fully saturated rings. The van der Waals surface area contributed by atoms with Gasteiger partial charge in [0.2, 0.25) is 5.75 Å². The average molecular weight is 403 g/mol. The third-order valence-corrected chi connectivity index (χ3v) is 4.83. The summed E-state index contributed by atoms with van der Waals surface area (Å²) < 4.78 is 34.1. The van der Waals surface area contributed by atoms with Crippen molar-refractivity contribution in [3.05, 3.63) is 58.9 Å². The summed E-state index contributed by atoms with van der Waals surface area (Å²) in [5.41, 5.74) is 1.67. The Morgan fingerprint density at radius 1 is 1.04 bits per heavy atom. The van der Waals surface area contributed by atoms with Gasteiger partial charge >= 0.3 is 5.97 Å². The molecule has 0 aliphatic rings. The smallest absolute Gasteiger partial charge is 0.338 e. The summed E-state index contributed by atoms with van der Waals surface area (Å²) in [6.07, 6.45) is 0. The summed E-state index contributed by atoms with van der Waals surface area (Å²) in [4.78, 5) is 16.8. The molecule has 1 heterocycles. The third-order valence-electron chi connectivity index (χ3n) is 3.89. The highest BCUT2D eigenvalue weighted by atomic mass is 32.1. The predicted octanol–water partition coefficient (Wildman–Crippen LogP) is 4.33. The first-order valence-corrected chi connectivity index (χ1v) is 9.11. The number of esters is 1. The Hall–Kier alpha value is -3.13. The van der Waals surface area contributed by atoms with Gasteiger partial charge in [-0.1, -0.05) is 0 Å². The fraction of sp³-hybridized carbons (Fsp3) is 0.200. The van der Waals surface area contributed by atoms with E-state index >= 15 is 0 Å². The van der Waals surface area contributed by atoms with Gasteiger partial charge in [0.1, 0.15) is 17.4 Å². The number of benzene rings is 2. The maximum atomic E-state index is 13.0. The second-order valence-electron chi connectivity index (χ2n) is 5.64. The molecular formula is C20H18FNO5S. The largest absolute Gasteiger partial charge is 0.493 e. The Bertz CT molecular complexity index is 946. The van der Waals surface area contributed by atoms with Gasteiger partial charge in [-0.15, -0.1) is 11.3 Å². The van der Waals surface area contributed by atoms with Gasteiger partial charge in [-0.05, 0) is 36.4 Å². The highest BCUT2D eigenvalue weighted by Gasteiger charge is 2.18. The van der Waals surface area contributed by atoms with Crippen LogP contribution in [0.3, 0.4) is 0 Å². The van der Waals surface area contributed by atoms with Crippen molar-refractivity contribution in [1.82, 2.24) is 4.98 Å². The molecule has 146 valence electrons. The van der Waals surface area contributed by atoms with Gasteiger partial charge in [-0.2, -0.15) is 0 Å². The standard InChI is InChI=1S/C20H18FNO5S/c1-24-16-8-13(9-17(25-2)18(16)26-3)20(23)27-10-15-11-28-19(22-15)12-4-6-14(21)7-5-12/h4-9,11H,10H2,1-3H3. The molecule has 2 aromatic carbocycles. The van der Waals surface area contributed by atoms with Crippen molar-refractivity contribution in [3.63, 3.8) is 0 Å². The summed E-state index contributed by atoms with van der Waals surface area (Å²) in [7, 11) is 4.43. The van der Waals surface area contributed by atoms with E-state index in [1.165, 1.54) is 56.9 Å². The summed E-state index contributed by atoms with van der Waals surface area (Å²) in [5, 5.41) is 2.51. The maximum absolute atomic E-state index is 13.0. The Morgan fingerprint density at radius 3 is 2.25 bits per heavy atom. The number of aromatic nitrogens is 1. The van der Waals surface area contributed by atoms with Gasteiger partial charge in [0.05, 0.1) is 32.6 Å². The number of carbonyl (C=O) groups is 1. The Balaban J connectivity index is 1.71. The first kappa shape index (κ1) is 19.6. The van der Waals surface area contributed by atoms with E-state index in [0.717, 1.165) is 10.6 Å². The molecule has 0 spiro atoms. The van der Waals surface area contributed by atoms with Crippen LogP contribution >= 0.6 is 11.3 Å². The molecule has 1 aromatic heterocycles. The van der Waals surface area contributed by atoms with Gasteiger partial charge in [0.25, 0.3) is 0 Å². The number of hydrogen-bond donors (Lipinski definition) is 0. The molecule has 3 rings (SSSR count). The van der Waals surface area contributed by atoms with E-state index in [0.29, 0.717) is 22.9 Å². The first-order valence-electron chi connectivity index (χ1n) is 8.23. The molecule has 0 aliphatic carbocycles. The molecule has 0 amide bonds. The number of methoxy groups -OCH3 is 3. The second kappa shape index (κ2) is 8.71. The average Bonchev–Trinajstić information content (AvgIpc) is 3.20. The molecule has 0 atom stereocenters. The molecule has 0 bridgehead atoms. The number of hydrogen-bond acceptors (Lipinski definition) is 7. The summed E-state index contributed by atoms with van der Waals surface area (Å²) in [6, 6.07) is 9.10. The molecule has 0 saturated carbocycles. The van der Waals surface area contributed by atoms with Gasteiger partial charge in [0, 0.05) is 10.9 Å². The van der Waals surface area contributed by atoms with Gasteiger partial charge in [-0.25, -0.2) is 14.2 Å². The third kappa shape index (κ3) is 4.23. The number of halogens is 1. The molecule has 3 aromatic rings. The zero-order valence-electron chi connectivity index (χ0n) is 15.5. The van der Waals surface area contributed by atoms with E-state index in [9.17, 15) is 9.18 Å². The lowest BCUT2D eigenvalue weighted by Crippen LogP contribution is -2.07. The van der Waals surface area contributed by atoms with Crippen LogP contribution in [-0.2, 0) is 11.3 Å². The van der Waals surface area contributed by atoms with Crippen LogP contribution in [-0.4, -0.2) is 32.3 Å². The zero-order valence-corrected chi connectivity index (χ0v) is 16.3. The number of thiazole rings is 1. The van der Waals surface area contributed by atoms with E-state index in [-0.39, 0.29) is 18.0 Å². The summed E-state index contributed by atoms with van der Waals surface area (Å²) in [6.45, 7) is 0.00713. The molecule has 6 nitrogen and oxygen atoms in total. The second-order valence-corrected chi connectivity index (χ2v) is 6.50. The van der Waals surface area contributed by atoms with Crippen LogP contribution in [0.1, 0.15) is 16.1 Å². The van der Waals surface area contributed by atoms with Gasteiger partial charge < -0.3 is 18.9 Å². The lowest BCUT2D eigenvalue weighted by molar-refractivity contribution is 0.0467. The number of nitrogens with zero attached hydrogens (tertiary/aromatic N) is 1. The minimum Gasteiger partial charge on any atom is -0.493 e. The van der Waals surface area contributed by atoms with E-state index in [2.05, 4.69) is 4.98 Å². The van der Waals surface area contributed by atoms with E-state index in [1.54, 1.807) is 17.5 Å². The van der Waals surface area contributed by atoms with Crippen LogP contribution in [0.15, 0.2) is 41.8 Å². The fourth-order valence-corrected chi connectivity index (χ4v) is 3.33. The highest BCUT2D eigenvalue weighted by molar-refractivity contribution is 7.13. The molecule has 0 N–H and O–H groups in total. The van der Waals surface area contributed by atoms with Gasteiger partial charge in [0.15, 0.2) is 11.5 Å². The van der Waals surface area contributed by atoms with E-state index in [4.69, 9.17) is 18.9 Å². The van der Waals surface area contributed by atoms with E-state index < -0.39 is 5.97 Å². The van der Waals surface area contributed by atoms with Crippen LogP contribution in [0.5, 0.6) is 17.2 Å². The molecule has 28 heavy (non-hydrogen) atoms. The lowest BCUT2D eigenvalue weighted by atomic mass is 10.2. The van der Waals surface area contributed by atoms with Crippen molar-refractivity contribution in [2.45, 2.75) is 6.61 Å². The highest BCUT2D eigenvalue weighted by Crippen LogP contribution is 2.38. The van der Waals surface area contributed by atoms with Crippen LogP contribution in [0.4, 0.5) is 4.39 Å². The molecule has 0 radical (unpaired) electrons. The normalized spacial score (nSPS) is 10.4. The molecular weight excluding hydrogens is 385 g/mol. The topological polar surface area (TPSA) is 66.9 Å².